The highest BCUT2D eigenvalue weighted by Gasteiger charge is 2.13. The fourth-order valence-electron chi connectivity index (χ4n) is 2.32. The van der Waals surface area contributed by atoms with Crippen LogP contribution in [-0.2, 0) is 14.2 Å². The van der Waals surface area contributed by atoms with Crippen LogP contribution in [0.4, 0.5) is 0 Å². The number of guanidine groups is 1. The first-order valence-electron chi connectivity index (χ1n) is 9.08. The molecule has 0 aromatic rings. The Labute approximate surface area is 164 Å². The minimum atomic E-state index is 0. The van der Waals surface area contributed by atoms with Gasteiger partial charge in [-0.25, -0.2) is 0 Å². The average molecular weight is 457 g/mol. The van der Waals surface area contributed by atoms with E-state index in [-0.39, 0.29) is 24.0 Å². The maximum Gasteiger partial charge on any atom is 0.190 e. The summed E-state index contributed by atoms with van der Waals surface area (Å²) in [6, 6.07) is 0. The van der Waals surface area contributed by atoms with E-state index in [1.165, 1.54) is 6.42 Å². The molecule has 0 bridgehead atoms. The number of halogens is 1. The normalized spacial score (nSPS) is 15.8. The highest BCUT2D eigenvalue weighted by molar-refractivity contribution is 14.0. The third kappa shape index (κ3) is 13.2. The number of hydrogen-bond acceptors (Lipinski definition) is 4. The quantitative estimate of drug-likeness (QED) is 0.204. The van der Waals surface area contributed by atoms with Crippen molar-refractivity contribution < 1.29 is 14.2 Å². The summed E-state index contributed by atoms with van der Waals surface area (Å²) >= 11 is 0. The van der Waals surface area contributed by atoms with Gasteiger partial charge in [0.2, 0.25) is 0 Å². The Bertz CT molecular complexity index is 301. The molecule has 1 rings (SSSR count). The molecule has 0 aromatic heterocycles. The second-order valence-corrected chi connectivity index (χ2v) is 5.78. The molecular weight excluding hydrogens is 421 g/mol. The molecule has 1 heterocycles. The van der Waals surface area contributed by atoms with Crippen molar-refractivity contribution in [2.75, 3.05) is 53.2 Å². The summed E-state index contributed by atoms with van der Waals surface area (Å²) in [7, 11) is 1.80. The van der Waals surface area contributed by atoms with Gasteiger partial charge in [0.1, 0.15) is 0 Å². The van der Waals surface area contributed by atoms with Crippen molar-refractivity contribution in [3.8, 4) is 0 Å². The Balaban J connectivity index is 0.00000529. The summed E-state index contributed by atoms with van der Waals surface area (Å²) < 4.78 is 16.7. The fourth-order valence-corrected chi connectivity index (χ4v) is 2.32. The van der Waals surface area contributed by atoms with Crippen LogP contribution >= 0.6 is 24.0 Å². The smallest absolute Gasteiger partial charge is 0.190 e. The highest BCUT2D eigenvalue weighted by Crippen LogP contribution is 2.10. The van der Waals surface area contributed by atoms with Crippen LogP contribution in [0.5, 0.6) is 0 Å². The van der Waals surface area contributed by atoms with Crippen LogP contribution in [0.15, 0.2) is 4.99 Å². The number of rotatable bonds is 12. The summed E-state index contributed by atoms with van der Waals surface area (Å²) in [6.45, 7) is 8.07. The number of nitrogens with zero attached hydrogens (tertiary/aromatic N) is 1. The molecule has 0 radical (unpaired) electrons. The van der Waals surface area contributed by atoms with Crippen LogP contribution in [0, 0.1) is 0 Å². The lowest BCUT2D eigenvalue weighted by atomic mass is 10.1. The van der Waals surface area contributed by atoms with Gasteiger partial charge in [0.05, 0.1) is 6.10 Å². The lowest BCUT2D eigenvalue weighted by Crippen LogP contribution is -2.38. The van der Waals surface area contributed by atoms with Gasteiger partial charge >= 0.3 is 0 Å². The van der Waals surface area contributed by atoms with Crippen molar-refractivity contribution in [3.63, 3.8) is 0 Å². The monoisotopic (exact) mass is 457 g/mol. The molecule has 1 fully saturated rings. The van der Waals surface area contributed by atoms with E-state index in [4.69, 9.17) is 14.2 Å². The van der Waals surface area contributed by atoms with Crippen LogP contribution in [-0.4, -0.2) is 65.2 Å². The summed E-state index contributed by atoms with van der Waals surface area (Å²) in [5.41, 5.74) is 0. The summed E-state index contributed by atoms with van der Waals surface area (Å²) in [5.74, 6) is 0.852. The van der Waals surface area contributed by atoms with Crippen molar-refractivity contribution in [1.29, 1.82) is 0 Å². The Morgan fingerprint density at radius 3 is 2.29 bits per heavy atom. The fraction of sp³-hybridized carbons (Fsp3) is 0.941. The predicted octanol–water partition coefficient (Wildman–Crippen LogP) is 2.56. The molecule has 0 aromatic carbocycles. The first kappa shape index (κ1) is 23.9. The van der Waals surface area contributed by atoms with Gasteiger partial charge in [-0.2, -0.15) is 0 Å². The van der Waals surface area contributed by atoms with Gasteiger partial charge in [0.25, 0.3) is 0 Å². The molecule has 1 saturated heterocycles. The minimum absolute atomic E-state index is 0. The van der Waals surface area contributed by atoms with Crippen LogP contribution in [0.25, 0.3) is 0 Å². The van der Waals surface area contributed by atoms with Crippen LogP contribution < -0.4 is 10.6 Å². The Kier molecular flexibility index (Phi) is 17.6. The Hall–Kier alpha value is -0.120. The molecular formula is C17H36IN3O3. The van der Waals surface area contributed by atoms with Crippen molar-refractivity contribution in [2.24, 2.45) is 4.99 Å². The average Bonchev–Trinajstić information content (AvgIpc) is 2.59. The molecule has 2 N–H and O–H groups in total. The molecule has 1 aliphatic heterocycles. The van der Waals surface area contributed by atoms with Gasteiger partial charge in [-0.3, -0.25) is 4.99 Å². The van der Waals surface area contributed by atoms with Crippen molar-refractivity contribution >= 4 is 29.9 Å². The van der Waals surface area contributed by atoms with Gasteiger partial charge < -0.3 is 24.8 Å². The highest BCUT2D eigenvalue weighted by atomic mass is 127. The van der Waals surface area contributed by atoms with Gasteiger partial charge in [0, 0.05) is 53.2 Å². The number of aliphatic imine (C=N–C) groups is 1. The molecule has 7 heteroatoms. The molecule has 1 aliphatic rings. The number of ether oxygens (including phenoxy) is 3. The zero-order valence-electron chi connectivity index (χ0n) is 15.3. The first-order chi connectivity index (χ1) is 11.4. The van der Waals surface area contributed by atoms with E-state index < -0.39 is 0 Å². The minimum Gasteiger partial charge on any atom is -0.381 e. The topological polar surface area (TPSA) is 64.1 Å². The molecule has 24 heavy (non-hydrogen) atoms. The van der Waals surface area contributed by atoms with Crippen LogP contribution in [0.2, 0.25) is 0 Å². The third-order valence-corrected chi connectivity index (χ3v) is 3.76. The molecule has 0 unspecified atom stereocenters. The molecule has 6 nitrogen and oxygen atoms in total. The third-order valence-electron chi connectivity index (χ3n) is 3.76. The Morgan fingerprint density at radius 2 is 1.67 bits per heavy atom. The standard InChI is InChI=1S/C17H35N3O3.HI/c1-3-4-11-21-12-5-9-19-17(18-2)20-10-6-13-23-16-7-14-22-15-8-16;/h16H,3-15H2,1-2H3,(H2,18,19,20);1H. The SMILES string of the molecule is CCCCOCCCNC(=NC)NCCCOC1CCOCC1.I. The molecule has 0 aliphatic carbocycles. The van der Waals surface area contributed by atoms with Gasteiger partial charge in [-0.1, -0.05) is 13.3 Å². The van der Waals surface area contributed by atoms with Crippen molar-refractivity contribution in [3.05, 3.63) is 0 Å². The zero-order chi connectivity index (χ0) is 16.6. The number of nitrogens with one attached hydrogen (secondary N) is 2. The summed E-state index contributed by atoms with van der Waals surface area (Å²) in [4.78, 5) is 4.22. The maximum absolute atomic E-state index is 5.85. The molecule has 0 atom stereocenters. The van der Waals surface area contributed by atoms with E-state index in [2.05, 4.69) is 22.5 Å². The van der Waals surface area contributed by atoms with E-state index in [1.807, 2.05) is 0 Å². The maximum atomic E-state index is 5.85. The second kappa shape index (κ2) is 17.7. The van der Waals surface area contributed by atoms with E-state index in [1.54, 1.807) is 7.05 Å². The lowest BCUT2D eigenvalue weighted by molar-refractivity contribution is -0.0320. The zero-order valence-corrected chi connectivity index (χ0v) is 17.7. The summed E-state index contributed by atoms with van der Waals surface area (Å²) in [6.07, 6.45) is 6.75. The first-order valence-corrected chi connectivity index (χ1v) is 9.08. The molecule has 0 spiro atoms. The summed E-state index contributed by atoms with van der Waals surface area (Å²) in [5, 5.41) is 6.61. The number of unbranched alkanes of at least 4 members (excludes halogenated alkanes) is 1. The van der Waals surface area contributed by atoms with Crippen LogP contribution in [0.1, 0.15) is 45.4 Å². The predicted molar refractivity (Wildman–Crippen MR) is 110 cm³/mol. The van der Waals surface area contributed by atoms with E-state index in [9.17, 15) is 0 Å². The largest absolute Gasteiger partial charge is 0.381 e. The van der Waals surface area contributed by atoms with Gasteiger partial charge in [0.15, 0.2) is 5.96 Å². The van der Waals surface area contributed by atoms with E-state index >= 15 is 0 Å². The van der Waals surface area contributed by atoms with Crippen molar-refractivity contribution in [1.82, 2.24) is 10.6 Å². The lowest BCUT2D eigenvalue weighted by Gasteiger charge is -2.22. The van der Waals surface area contributed by atoms with Gasteiger partial charge in [-0.05, 0) is 32.1 Å². The van der Waals surface area contributed by atoms with Crippen molar-refractivity contribution in [2.45, 2.75) is 51.6 Å². The molecule has 144 valence electrons. The molecule has 0 saturated carbocycles. The van der Waals surface area contributed by atoms with Gasteiger partial charge in [-0.15, -0.1) is 24.0 Å². The molecule has 0 amide bonds. The van der Waals surface area contributed by atoms with Crippen LogP contribution in [0.3, 0.4) is 0 Å². The van der Waals surface area contributed by atoms with E-state index in [0.717, 1.165) is 84.2 Å². The second-order valence-electron chi connectivity index (χ2n) is 5.78. The number of hydrogen-bond donors (Lipinski definition) is 2. The van der Waals surface area contributed by atoms with E-state index in [0.29, 0.717) is 6.10 Å². The Morgan fingerprint density at radius 1 is 1.04 bits per heavy atom.